The fraction of sp³-hybridized carbons (Fsp3) is 0.619. The summed E-state index contributed by atoms with van der Waals surface area (Å²) in [5, 5.41) is 8.00. The van der Waals surface area contributed by atoms with Crippen LogP contribution in [0.25, 0.3) is 10.3 Å². The number of nitrogens with zero attached hydrogens (tertiary/aromatic N) is 5. The first-order valence-corrected chi connectivity index (χ1v) is 11.9. The van der Waals surface area contributed by atoms with Gasteiger partial charge >= 0.3 is 0 Å². The van der Waals surface area contributed by atoms with Gasteiger partial charge in [0.2, 0.25) is 5.95 Å². The van der Waals surface area contributed by atoms with Crippen LogP contribution in [0, 0.1) is 6.92 Å². The van der Waals surface area contributed by atoms with Crippen molar-refractivity contribution in [2.45, 2.75) is 58.5 Å². The van der Waals surface area contributed by atoms with Gasteiger partial charge < -0.3 is 10.1 Å². The van der Waals surface area contributed by atoms with Crippen LogP contribution in [0.5, 0.6) is 0 Å². The fourth-order valence-corrected chi connectivity index (χ4v) is 4.91. The maximum absolute atomic E-state index is 11.9. The Morgan fingerprint density at radius 1 is 1.26 bits per heavy atom. The van der Waals surface area contributed by atoms with E-state index in [1.807, 2.05) is 20.0 Å². The van der Waals surface area contributed by atoms with Crippen LogP contribution < -0.4 is 10.9 Å². The molecule has 31 heavy (non-hydrogen) atoms. The van der Waals surface area contributed by atoms with E-state index in [0.717, 1.165) is 36.5 Å². The van der Waals surface area contributed by atoms with Crippen molar-refractivity contribution in [3.8, 4) is 0 Å². The third-order valence-electron chi connectivity index (χ3n) is 5.73. The van der Waals surface area contributed by atoms with Crippen molar-refractivity contribution in [1.82, 2.24) is 29.6 Å². The number of H-pyrrole nitrogens is 1. The first kappa shape index (κ1) is 21.9. The Balaban J connectivity index is 0.000000193. The highest BCUT2D eigenvalue weighted by Crippen LogP contribution is 2.23. The lowest BCUT2D eigenvalue weighted by Gasteiger charge is -2.36. The van der Waals surface area contributed by atoms with Crippen molar-refractivity contribution in [3.05, 3.63) is 27.8 Å². The smallest absolute Gasteiger partial charge is 0.279 e. The molecule has 1 aliphatic heterocycles. The minimum absolute atomic E-state index is 0. The molecule has 9 nitrogen and oxygen atoms in total. The van der Waals surface area contributed by atoms with Crippen LogP contribution in [0.4, 0.5) is 11.6 Å². The molecule has 170 valence electrons. The lowest BCUT2D eigenvalue weighted by molar-refractivity contribution is 0.00858. The number of thiazole rings is 1. The summed E-state index contributed by atoms with van der Waals surface area (Å²) in [4.78, 5) is 26.3. The zero-order chi connectivity index (χ0) is 21.6. The van der Waals surface area contributed by atoms with Crippen LogP contribution in [-0.4, -0.2) is 62.0 Å². The maximum Gasteiger partial charge on any atom is 0.279 e. The van der Waals surface area contributed by atoms with Gasteiger partial charge in [0.1, 0.15) is 0 Å². The Kier molecular flexibility index (Phi) is 7.31. The number of anilines is 2. The van der Waals surface area contributed by atoms with Crippen molar-refractivity contribution < 1.29 is 6.16 Å². The topological polar surface area (TPSA) is 101 Å². The summed E-state index contributed by atoms with van der Waals surface area (Å²) in [6.45, 7) is 8.90. The number of aromatic nitrogens is 5. The van der Waals surface area contributed by atoms with Gasteiger partial charge in [0.25, 0.3) is 5.56 Å². The second-order valence-electron chi connectivity index (χ2n) is 7.95. The van der Waals surface area contributed by atoms with Gasteiger partial charge in [-0.25, -0.2) is 9.97 Å². The van der Waals surface area contributed by atoms with Crippen molar-refractivity contribution in [2.24, 2.45) is 0 Å². The number of hydrogen-bond acceptors (Lipinski definition) is 8. The Morgan fingerprint density at radius 2 is 2.03 bits per heavy atom. The van der Waals surface area contributed by atoms with Crippen molar-refractivity contribution in [1.29, 1.82) is 0 Å². The highest BCUT2D eigenvalue weighted by atomic mass is 32.1. The summed E-state index contributed by atoms with van der Waals surface area (Å²) in [6, 6.07) is 0.891. The number of ether oxygens (including phenoxy) is 1. The zero-order valence-corrected chi connectivity index (χ0v) is 19.1. The summed E-state index contributed by atoms with van der Waals surface area (Å²) in [7, 11) is 0. The summed E-state index contributed by atoms with van der Waals surface area (Å²) in [6.07, 6.45) is 10.7. The van der Waals surface area contributed by atoms with Gasteiger partial charge in [-0.1, -0.05) is 30.6 Å². The van der Waals surface area contributed by atoms with Crippen LogP contribution >= 0.6 is 11.3 Å². The number of fused-ring (bicyclic) bond motifs is 1. The predicted octanol–water partition coefficient (Wildman–Crippen LogP) is 3.55. The molecule has 0 amide bonds. The molecule has 5 rings (SSSR count). The van der Waals surface area contributed by atoms with Gasteiger partial charge in [-0.3, -0.25) is 19.4 Å². The van der Waals surface area contributed by atoms with Gasteiger partial charge in [-0.2, -0.15) is 5.10 Å². The molecule has 0 radical (unpaired) electrons. The molecule has 4 heterocycles. The number of nitrogens with one attached hydrogen (secondary N) is 2. The van der Waals surface area contributed by atoms with Crippen molar-refractivity contribution in [2.75, 3.05) is 31.6 Å². The summed E-state index contributed by atoms with van der Waals surface area (Å²) in [5.41, 5.74) is 0.933. The van der Waals surface area contributed by atoms with Gasteiger partial charge in [0.05, 0.1) is 30.1 Å². The molecule has 2 N–H and O–H groups in total. The van der Waals surface area contributed by atoms with Gasteiger partial charge in [0, 0.05) is 33.3 Å². The third-order valence-corrected chi connectivity index (χ3v) is 6.60. The first-order chi connectivity index (χ1) is 15.1. The molecule has 0 atom stereocenters. The van der Waals surface area contributed by atoms with Crippen molar-refractivity contribution in [3.63, 3.8) is 0 Å². The molecule has 0 bridgehead atoms. The number of aromatic amines is 1. The third kappa shape index (κ3) is 5.69. The van der Waals surface area contributed by atoms with E-state index in [0.29, 0.717) is 16.3 Å². The summed E-state index contributed by atoms with van der Waals surface area (Å²) < 4.78 is 7.14. The van der Waals surface area contributed by atoms with E-state index in [1.54, 1.807) is 10.9 Å². The highest BCUT2D eigenvalue weighted by molar-refractivity contribution is 7.18. The molecule has 2 fully saturated rings. The molecule has 1 saturated heterocycles. The Morgan fingerprint density at radius 3 is 2.74 bits per heavy atom. The second kappa shape index (κ2) is 10.3. The Hall–Kier alpha value is -2.30. The summed E-state index contributed by atoms with van der Waals surface area (Å²) in [5.74, 6) is 0.400. The lowest BCUT2D eigenvalue weighted by Crippen LogP contribution is -2.44. The van der Waals surface area contributed by atoms with Crippen LogP contribution in [0.15, 0.2) is 17.2 Å². The number of rotatable bonds is 4. The van der Waals surface area contributed by atoms with E-state index >= 15 is 0 Å². The van der Waals surface area contributed by atoms with Crippen molar-refractivity contribution >= 4 is 33.3 Å². The van der Waals surface area contributed by atoms with E-state index in [4.69, 9.17) is 4.74 Å². The van der Waals surface area contributed by atoms with E-state index in [2.05, 4.69) is 30.3 Å². The second-order valence-corrected chi connectivity index (χ2v) is 9.13. The Labute approximate surface area is 187 Å². The fourth-order valence-electron chi connectivity index (χ4n) is 4.12. The lowest BCUT2D eigenvalue weighted by atomic mass is 9.94. The summed E-state index contributed by atoms with van der Waals surface area (Å²) >= 11 is 1.40. The highest BCUT2D eigenvalue weighted by Gasteiger charge is 2.22. The van der Waals surface area contributed by atoms with E-state index in [9.17, 15) is 4.79 Å². The number of aryl methyl sites for hydroxylation is 2. The van der Waals surface area contributed by atoms with Crippen LogP contribution in [-0.2, 0) is 11.3 Å². The standard InChI is InChI=1S/C11H12N6OS.C10H19NO.H2/c1-3-17-5-7(4-12-17)14-11-15-9(18)8-10(16-11)19-6(2)13-8;1-2-4-10(5-3-1)11-6-8-12-9-7-11;/h4-5H,3H2,1-2H3,(H2,14,15,16,18);10H,1-9H2;1H. The number of morpholine rings is 1. The minimum atomic E-state index is -0.236. The van der Waals surface area contributed by atoms with E-state index in [1.165, 1.54) is 56.5 Å². The quantitative estimate of drug-likeness (QED) is 0.631. The van der Waals surface area contributed by atoms with Gasteiger partial charge in [-0.15, -0.1) is 0 Å². The molecule has 0 unspecified atom stereocenters. The average Bonchev–Trinajstić information content (AvgIpc) is 3.41. The van der Waals surface area contributed by atoms with Crippen LogP contribution in [0.1, 0.15) is 45.5 Å². The zero-order valence-electron chi connectivity index (χ0n) is 18.3. The predicted molar refractivity (Wildman–Crippen MR) is 125 cm³/mol. The molecular weight excluding hydrogens is 414 g/mol. The van der Waals surface area contributed by atoms with Gasteiger partial charge in [0.15, 0.2) is 10.3 Å². The van der Waals surface area contributed by atoms with Crippen LogP contribution in [0.3, 0.4) is 0 Å². The molecular formula is C21H33N7O2S. The molecule has 1 saturated carbocycles. The maximum atomic E-state index is 11.9. The normalized spacial score (nSPS) is 18.0. The largest absolute Gasteiger partial charge is 0.379 e. The molecule has 1 aliphatic carbocycles. The monoisotopic (exact) mass is 447 g/mol. The molecule has 10 heteroatoms. The molecule has 0 aromatic carbocycles. The SMILES string of the molecule is C1CCC(N2CCOCC2)CC1.CCn1cc(Nc2nc3sc(C)nc3c(=O)[nH]2)cn1.[HH]. The van der Waals surface area contributed by atoms with E-state index < -0.39 is 0 Å². The van der Waals surface area contributed by atoms with Crippen LogP contribution in [0.2, 0.25) is 0 Å². The molecule has 3 aromatic heterocycles. The molecule has 2 aliphatic rings. The number of hydrogen-bond donors (Lipinski definition) is 2. The average molecular weight is 448 g/mol. The van der Waals surface area contributed by atoms with Gasteiger partial charge in [-0.05, 0) is 26.7 Å². The first-order valence-electron chi connectivity index (χ1n) is 11.1. The minimum Gasteiger partial charge on any atom is -0.379 e. The van der Waals surface area contributed by atoms with E-state index in [-0.39, 0.29) is 6.99 Å². The molecule has 3 aromatic rings. The Bertz CT molecular complexity index is 1020. The molecule has 0 spiro atoms.